The highest BCUT2D eigenvalue weighted by atomic mass is 16.5. The molecule has 0 aromatic heterocycles. The maximum absolute atomic E-state index is 11.7. The van der Waals surface area contributed by atoms with E-state index in [9.17, 15) is 4.79 Å². The molecule has 0 aromatic carbocycles. The van der Waals surface area contributed by atoms with E-state index in [0.717, 1.165) is 6.54 Å². The van der Waals surface area contributed by atoms with Crippen molar-refractivity contribution in [2.75, 3.05) is 32.8 Å². The topological polar surface area (TPSA) is 41.6 Å². The van der Waals surface area contributed by atoms with Gasteiger partial charge >= 0.3 is 0 Å². The van der Waals surface area contributed by atoms with Crippen molar-refractivity contribution >= 4 is 5.91 Å². The van der Waals surface area contributed by atoms with Crippen LogP contribution in [-0.2, 0) is 9.53 Å². The van der Waals surface area contributed by atoms with Crippen LogP contribution in [0.15, 0.2) is 0 Å². The summed E-state index contributed by atoms with van der Waals surface area (Å²) in [5.41, 5.74) is 0. The van der Waals surface area contributed by atoms with Crippen LogP contribution in [0.3, 0.4) is 0 Å². The lowest BCUT2D eigenvalue weighted by Crippen LogP contribution is -2.41. The molecule has 0 aliphatic heterocycles. The molecule has 0 fully saturated rings. The van der Waals surface area contributed by atoms with Gasteiger partial charge in [-0.1, -0.05) is 13.8 Å². The van der Waals surface area contributed by atoms with Crippen LogP contribution in [0, 0.1) is 0 Å². The molecule has 0 spiro atoms. The molecule has 0 atom stereocenters. The first-order valence-electron chi connectivity index (χ1n) is 5.70. The van der Waals surface area contributed by atoms with Crippen molar-refractivity contribution in [3.05, 3.63) is 0 Å². The van der Waals surface area contributed by atoms with E-state index in [1.54, 1.807) is 0 Å². The Kier molecular flexibility index (Phi) is 8.33. The van der Waals surface area contributed by atoms with Crippen LogP contribution in [0.4, 0.5) is 0 Å². The molecule has 0 rings (SSSR count). The molecule has 0 radical (unpaired) electrons. The van der Waals surface area contributed by atoms with E-state index in [-0.39, 0.29) is 5.91 Å². The van der Waals surface area contributed by atoms with E-state index in [1.807, 2.05) is 32.6 Å². The molecule has 0 unspecified atom stereocenters. The second kappa shape index (κ2) is 8.68. The van der Waals surface area contributed by atoms with Crippen molar-refractivity contribution in [3.8, 4) is 0 Å². The first-order valence-corrected chi connectivity index (χ1v) is 5.70. The maximum atomic E-state index is 11.7. The fourth-order valence-corrected chi connectivity index (χ4v) is 1.18. The van der Waals surface area contributed by atoms with Crippen LogP contribution in [0.25, 0.3) is 0 Å². The summed E-state index contributed by atoms with van der Waals surface area (Å²) in [5.74, 6) is 0.144. The summed E-state index contributed by atoms with van der Waals surface area (Å²) in [5, 5.41) is 3.12. The van der Waals surface area contributed by atoms with Gasteiger partial charge in [-0.2, -0.15) is 0 Å². The Bertz CT molecular complexity index is 172. The van der Waals surface area contributed by atoms with Gasteiger partial charge in [0.25, 0.3) is 0 Å². The summed E-state index contributed by atoms with van der Waals surface area (Å²) in [4.78, 5) is 13.5. The Morgan fingerprint density at radius 1 is 1.40 bits per heavy atom. The quantitative estimate of drug-likeness (QED) is 0.612. The summed E-state index contributed by atoms with van der Waals surface area (Å²) in [6, 6.07) is 0.347. The van der Waals surface area contributed by atoms with Gasteiger partial charge in [0, 0.05) is 25.7 Å². The van der Waals surface area contributed by atoms with Gasteiger partial charge in [0.2, 0.25) is 5.91 Å². The molecule has 90 valence electrons. The Balaban J connectivity index is 3.77. The second-order valence-corrected chi connectivity index (χ2v) is 3.71. The van der Waals surface area contributed by atoms with Crippen molar-refractivity contribution in [1.29, 1.82) is 0 Å². The molecule has 0 heterocycles. The molecule has 15 heavy (non-hydrogen) atoms. The fraction of sp³-hybridized carbons (Fsp3) is 0.909. The molecule has 4 heteroatoms. The van der Waals surface area contributed by atoms with Crippen molar-refractivity contribution in [2.24, 2.45) is 0 Å². The molecule has 0 aliphatic carbocycles. The molecular weight excluding hydrogens is 192 g/mol. The first kappa shape index (κ1) is 14.4. The molecule has 0 saturated carbocycles. The number of rotatable bonds is 8. The predicted molar refractivity (Wildman–Crippen MR) is 61.9 cm³/mol. The number of carbonyl (C=O) groups excluding carboxylic acids is 1. The highest BCUT2D eigenvalue weighted by Crippen LogP contribution is 1.90. The number of hydrogen-bond donors (Lipinski definition) is 1. The monoisotopic (exact) mass is 216 g/mol. The molecule has 1 N–H and O–H groups in total. The molecule has 0 aliphatic rings. The summed E-state index contributed by atoms with van der Waals surface area (Å²) >= 11 is 0. The smallest absolute Gasteiger partial charge is 0.236 e. The predicted octanol–water partition coefficient (Wildman–Crippen LogP) is 0.869. The van der Waals surface area contributed by atoms with Gasteiger partial charge in [-0.15, -0.1) is 0 Å². The highest BCUT2D eigenvalue weighted by molar-refractivity contribution is 5.78. The number of carbonyl (C=O) groups is 1. The van der Waals surface area contributed by atoms with Crippen molar-refractivity contribution < 1.29 is 9.53 Å². The third-order valence-corrected chi connectivity index (χ3v) is 2.11. The summed E-state index contributed by atoms with van der Waals surface area (Å²) in [7, 11) is 0. The largest absolute Gasteiger partial charge is 0.380 e. The lowest BCUT2D eigenvalue weighted by Gasteiger charge is -2.21. The number of amides is 1. The first-order chi connectivity index (χ1) is 7.11. The number of hydrogen-bond acceptors (Lipinski definition) is 3. The van der Waals surface area contributed by atoms with Crippen LogP contribution < -0.4 is 5.32 Å². The van der Waals surface area contributed by atoms with E-state index in [0.29, 0.717) is 32.3 Å². The molecule has 0 bridgehead atoms. The van der Waals surface area contributed by atoms with Crippen LogP contribution in [0.5, 0.6) is 0 Å². The molecule has 0 saturated heterocycles. The zero-order valence-electron chi connectivity index (χ0n) is 10.4. The standard InChI is InChI=1S/C11H24N2O2/c1-5-13(7-8-15-6-2)11(14)9-12-10(3)4/h10,12H,5-9H2,1-4H3. The van der Waals surface area contributed by atoms with Gasteiger partial charge in [0.1, 0.15) is 0 Å². The average molecular weight is 216 g/mol. The van der Waals surface area contributed by atoms with Gasteiger partial charge in [-0.25, -0.2) is 0 Å². The number of nitrogens with one attached hydrogen (secondary N) is 1. The molecule has 0 aromatic rings. The van der Waals surface area contributed by atoms with Crippen LogP contribution in [0.1, 0.15) is 27.7 Å². The molecule has 1 amide bonds. The van der Waals surface area contributed by atoms with Gasteiger partial charge in [0.15, 0.2) is 0 Å². The Labute approximate surface area is 93.0 Å². The average Bonchev–Trinajstić information content (AvgIpc) is 2.21. The highest BCUT2D eigenvalue weighted by Gasteiger charge is 2.10. The summed E-state index contributed by atoms with van der Waals surface area (Å²) in [6.07, 6.45) is 0. The Hall–Kier alpha value is -0.610. The van der Waals surface area contributed by atoms with Crippen LogP contribution >= 0.6 is 0 Å². The van der Waals surface area contributed by atoms with E-state index < -0.39 is 0 Å². The normalized spacial score (nSPS) is 10.7. The van der Waals surface area contributed by atoms with Gasteiger partial charge in [-0.3, -0.25) is 4.79 Å². The SMILES string of the molecule is CCOCCN(CC)C(=O)CNC(C)C. The summed E-state index contributed by atoms with van der Waals surface area (Å²) < 4.78 is 5.23. The van der Waals surface area contributed by atoms with E-state index in [1.165, 1.54) is 0 Å². The Morgan fingerprint density at radius 2 is 2.07 bits per heavy atom. The van der Waals surface area contributed by atoms with Crippen LogP contribution in [0.2, 0.25) is 0 Å². The van der Waals surface area contributed by atoms with E-state index in [2.05, 4.69) is 5.32 Å². The number of likely N-dealkylation sites (N-methyl/N-ethyl adjacent to an activating group) is 1. The number of nitrogens with zero attached hydrogens (tertiary/aromatic N) is 1. The number of ether oxygens (including phenoxy) is 1. The van der Waals surface area contributed by atoms with E-state index in [4.69, 9.17) is 4.74 Å². The molecular formula is C11H24N2O2. The zero-order valence-corrected chi connectivity index (χ0v) is 10.4. The fourth-order valence-electron chi connectivity index (χ4n) is 1.18. The van der Waals surface area contributed by atoms with Crippen LogP contribution in [-0.4, -0.2) is 49.7 Å². The van der Waals surface area contributed by atoms with E-state index >= 15 is 0 Å². The van der Waals surface area contributed by atoms with Gasteiger partial charge in [0.05, 0.1) is 13.2 Å². The van der Waals surface area contributed by atoms with Crippen molar-refractivity contribution in [1.82, 2.24) is 10.2 Å². The maximum Gasteiger partial charge on any atom is 0.236 e. The summed E-state index contributed by atoms with van der Waals surface area (Å²) in [6.45, 7) is 11.2. The van der Waals surface area contributed by atoms with Gasteiger partial charge in [-0.05, 0) is 13.8 Å². The minimum absolute atomic E-state index is 0.144. The van der Waals surface area contributed by atoms with Gasteiger partial charge < -0.3 is 15.0 Å². The van der Waals surface area contributed by atoms with Crippen molar-refractivity contribution in [2.45, 2.75) is 33.7 Å². The lowest BCUT2D eigenvalue weighted by molar-refractivity contribution is -0.130. The lowest BCUT2D eigenvalue weighted by atomic mass is 10.3. The Morgan fingerprint density at radius 3 is 2.53 bits per heavy atom. The third-order valence-electron chi connectivity index (χ3n) is 2.11. The zero-order chi connectivity index (χ0) is 11.7. The third kappa shape index (κ3) is 7.33. The minimum atomic E-state index is 0.144. The minimum Gasteiger partial charge on any atom is -0.380 e. The molecule has 4 nitrogen and oxygen atoms in total. The van der Waals surface area contributed by atoms with Crippen molar-refractivity contribution in [3.63, 3.8) is 0 Å². The second-order valence-electron chi connectivity index (χ2n) is 3.71.